The first kappa shape index (κ1) is 16.8. The van der Waals surface area contributed by atoms with E-state index in [0.717, 1.165) is 18.4 Å². The zero-order valence-electron chi connectivity index (χ0n) is 13.3. The predicted molar refractivity (Wildman–Crippen MR) is 85.6 cm³/mol. The van der Waals surface area contributed by atoms with Crippen LogP contribution in [0.5, 0.6) is 0 Å². The van der Waals surface area contributed by atoms with Crippen LogP contribution in [0.25, 0.3) is 0 Å². The Morgan fingerprint density at radius 3 is 2.39 bits per heavy atom. The van der Waals surface area contributed by atoms with Crippen LogP contribution in [0.1, 0.15) is 31.4 Å². The summed E-state index contributed by atoms with van der Waals surface area (Å²) in [5, 5.41) is 0. The lowest BCUT2D eigenvalue weighted by molar-refractivity contribution is -0.00465. The van der Waals surface area contributed by atoms with Crippen molar-refractivity contribution in [1.82, 2.24) is 8.61 Å². The van der Waals surface area contributed by atoms with Gasteiger partial charge in [0.25, 0.3) is 10.2 Å². The van der Waals surface area contributed by atoms with Crippen molar-refractivity contribution in [2.24, 2.45) is 5.92 Å². The molecule has 23 heavy (non-hydrogen) atoms. The SMILES string of the molecule is CC1CCN(S(=O)(=O)N2CCO[C@H](c3ccc(F)cc3)C2)CC1. The van der Waals surface area contributed by atoms with Gasteiger partial charge in [-0.1, -0.05) is 19.1 Å². The molecule has 2 fully saturated rings. The maximum absolute atomic E-state index is 13.0. The molecule has 128 valence electrons. The molecule has 0 amide bonds. The van der Waals surface area contributed by atoms with Crippen molar-refractivity contribution >= 4 is 10.2 Å². The second-order valence-corrected chi connectivity index (χ2v) is 8.29. The summed E-state index contributed by atoms with van der Waals surface area (Å²) in [5.74, 6) is 0.273. The molecule has 3 rings (SSSR count). The summed E-state index contributed by atoms with van der Waals surface area (Å²) in [6, 6.07) is 6.05. The van der Waals surface area contributed by atoms with Gasteiger partial charge in [0.1, 0.15) is 5.82 Å². The highest BCUT2D eigenvalue weighted by molar-refractivity contribution is 7.86. The summed E-state index contributed by atoms with van der Waals surface area (Å²) in [6.07, 6.45) is 1.47. The van der Waals surface area contributed by atoms with Crippen molar-refractivity contribution in [2.45, 2.75) is 25.9 Å². The van der Waals surface area contributed by atoms with E-state index in [2.05, 4.69) is 6.92 Å². The van der Waals surface area contributed by atoms with Crippen LogP contribution < -0.4 is 0 Å². The third-order valence-electron chi connectivity index (χ3n) is 4.67. The van der Waals surface area contributed by atoms with E-state index in [9.17, 15) is 12.8 Å². The van der Waals surface area contributed by atoms with Crippen LogP contribution in [0.15, 0.2) is 24.3 Å². The molecule has 0 bridgehead atoms. The van der Waals surface area contributed by atoms with Crippen molar-refractivity contribution in [2.75, 3.05) is 32.8 Å². The van der Waals surface area contributed by atoms with Crippen LogP contribution in [0.4, 0.5) is 4.39 Å². The van der Waals surface area contributed by atoms with Gasteiger partial charge in [-0.05, 0) is 36.5 Å². The molecule has 1 aromatic rings. The van der Waals surface area contributed by atoms with Gasteiger partial charge in [-0.25, -0.2) is 4.39 Å². The molecule has 0 unspecified atom stereocenters. The van der Waals surface area contributed by atoms with Crippen molar-refractivity contribution in [1.29, 1.82) is 0 Å². The van der Waals surface area contributed by atoms with Gasteiger partial charge in [0.05, 0.1) is 12.7 Å². The molecule has 2 heterocycles. The lowest BCUT2D eigenvalue weighted by Crippen LogP contribution is -2.51. The van der Waals surface area contributed by atoms with Gasteiger partial charge >= 0.3 is 0 Å². The minimum Gasteiger partial charge on any atom is -0.371 e. The second-order valence-electron chi connectivity index (χ2n) is 6.36. The van der Waals surface area contributed by atoms with Crippen molar-refractivity contribution in [3.63, 3.8) is 0 Å². The fraction of sp³-hybridized carbons (Fsp3) is 0.625. The van der Waals surface area contributed by atoms with Crippen molar-refractivity contribution in [3.8, 4) is 0 Å². The van der Waals surface area contributed by atoms with Gasteiger partial charge in [0, 0.05) is 26.2 Å². The smallest absolute Gasteiger partial charge is 0.282 e. The van der Waals surface area contributed by atoms with Crippen molar-refractivity contribution in [3.05, 3.63) is 35.6 Å². The molecule has 5 nitrogen and oxygen atoms in total. The molecule has 0 spiro atoms. The van der Waals surface area contributed by atoms with Gasteiger partial charge in [-0.3, -0.25) is 0 Å². The zero-order chi connectivity index (χ0) is 16.4. The van der Waals surface area contributed by atoms with Crippen LogP contribution >= 0.6 is 0 Å². The average Bonchev–Trinajstić information content (AvgIpc) is 2.56. The first-order chi connectivity index (χ1) is 11.0. The highest BCUT2D eigenvalue weighted by atomic mass is 32.2. The Bertz CT molecular complexity index is 627. The lowest BCUT2D eigenvalue weighted by Gasteiger charge is -2.37. The predicted octanol–water partition coefficient (Wildman–Crippen LogP) is 2.18. The number of piperidine rings is 1. The van der Waals surface area contributed by atoms with Crippen molar-refractivity contribution < 1.29 is 17.5 Å². The largest absolute Gasteiger partial charge is 0.371 e. The molecular formula is C16H23FN2O3S. The highest BCUT2D eigenvalue weighted by Crippen LogP contribution is 2.27. The minimum absolute atomic E-state index is 0.278. The van der Waals surface area contributed by atoms with E-state index in [4.69, 9.17) is 4.74 Å². The first-order valence-corrected chi connectivity index (χ1v) is 9.49. The third kappa shape index (κ3) is 3.74. The van der Waals surface area contributed by atoms with Crippen LogP contribution in [0, 0.1) is 11.7 Å². The molecular weight excluding hydrogens is 319 g/mol. The van der Waals surface area contributed by atoms with E-state index < -0.39 is 10.2 Å². The molecule has 0 radical (unpaired) electrons. The molecule has 0 aromatic heterocycles. The molecule has 0 saturated carbocycles. The molecule has 7 heteroatoms. The lowest BCUT2D eigenvalue weighted by atomic mass is 10.0. The molecule has 1 atom stereocenters. The molecule has 1 aromatic carbocycles. The number of morpholine rings is 1. The van der Waals surface area contributed by atoms with Crippen LogP contribution in [0.3, 0.4) is 0 Å². The number of hydrogen-bond acceptors (Lipinski definition) is 3. The molecule has 2 saturated heterocycles. The van der Waals surface area contributed by atoms with E-state index >= 15 is 0 Å². The number of benzene rings is 1. The summed E-state index contributed by atoms with van der Waals surface area (Å²) < 4.78 is 47.4. The summed E-state index contributed by atoms with van der Waals surface area (Å²) in [7, 11) is -3.45. The fourth-order valence-corrected chi connectivity index (χ4v) is 4.72. The topological polar surface area (TPSA) is 49.9 Å². The Labute approximate surface area is 137 Å². The first-order valence-electron chi connectivity index (χ1n) is 8.09. The highest BCUT2D eigenvalue weighted by Gasteiger charge is 2.35. The van der Waals surface area contributed by atoms with E-state index in [0.29, 0.717) is 32.2 Å². The van der Waals surface area contributed by atoms with E-state index in [-0.39, 0.29) is 18.5 Å². The summed E-state index contributed by atoms with van der Waals surface area (Å²) in [5.41, 5.74) is 0.804. The Hall–Kier alpha value is -1.02. The van der Waals surface area contributed by atoms with Crippen LogP contribution in [-0.4, -0.2) is 49.8 Å². The molecule has 2 aliphatic heterocycles. The number of nitrogens with zero attached hydrogens (tertiary/aromatic N) is 2. The van der Waals surface area contributed by atoms with Gasteiger partial charge < -0.3 is 4.74 Å². The normalized spacial score (nSPS) is 25.6. The van der Waals surface area contributed by atoms with E-state index in [1.807, 2.05) is 0 Å². The standard InChI is InChI=1S/C16H23FN2O3S/c1-13-6-8-18(9-7-13)23(20,21)19-10-11-22-16(12-19)14-2-4-15(17)5-3-14/h2-5,13,16H,6-12H2,1H3/t16-/m0/s1. The third-order valence-corrected chi connectivity index (χ3v) is 6.67. The number of ether oxygens (including phenoxy) is 1. The average molecular weight is 342 g/mol. The Kier molecular flexibility index (Phi) is 5.01. The minimum atomic E-state index is -3.45. The number of halogens is 1. The summed E-state index contributed by atoms with van der Waals surface area (Å²) in [4.78, 5) is 0. The Morgan fingerprint density at radius 1 is 1.09 bits per heavy atom. The summed E-state index contributed by atoms with van der Waals surface area (Å²) >= 11 is 0. The monoisotopic (exact) mass is 342 g/mol. The van der Waals surface area contributed by atoms with Gasteiger partial charge in [-0.15, -0.1) is 0 Å². The number of hydrogen-bond donors (Lipinski definition) is 0. The maximum Gasteiger partial charge on any atom is 0.282 e. The molecule has 0 N–H and O–H groups in total. The van der Waals surface area contributed by atoms with Gasteiger partial charge in [-0.2, -0.15) is 17.0 Å². The summed E-state index contributed by atoms with van der Waals surface area (Å²) in [6.45, 7) is 4.32. The fourth-order valence-electron chi connectivity index (χ4n) is 3.09. The van der Waals surface area contributed by atoms with Gasteiger partial charge in [0.15, 0.2) is 0 Å². The van der Waals surface area contributed by atoms with E-state index in [1.54, 1.807) is 16.4 Å². The molecule has 0 aliphatic carbocycles. The van der Waals surface area contributed by atoms with Gasteiger partial charge in [0.2, 0.25) is 0 Å². The Morgan fingerprint density at radius 2 is 1.74 bits per heavy atom. The quantitative estimate of drug-likeness (QED) is 0.846. The molecule has 2 aliphatic rings. The van der Waals surface area contributed by atoms with Crippen LogP contribution in [-0.2, 0) is 14.9 Å². The Balaban J connectivity index is 1.71. The van der Waals surface area contributed by atoms with E-state index in [1.165, 1.54) is 16.4 Å². The number of rotatable bonds is 3. The second kappa shape index (κ2) is 6.84. The van der Waals surface area contributed by atoms with Crippen LogP contribution in [0.2, 0.25) is 0 Å². The zero-order valence-corrected chi connectivity index (χ0v) is 14.1. The maximum atomic E-state index is 13.0.